The molecule has 0 fully saturated rings. The normalized spacial score (nSPS) is 10.6. The molecule has 0 bridgehead atoms. The summed E-state index contributed by atoms with van der Waals surface area (Å²) in [6.07, 6.45) is 4.42. The van der Waals surface area contributed by atoms with Crippen molar-refractivity contribution in [3.05, 3.63) is 48.3 Å². The number of carbonyl (C=O) groups is 1. The van der Waals surface area contributed by atoms with Crippen molar-refractivity contribution < 1.29 is 9.18 Å². The van der Waals surface area contributed by atoms with Crippen LogP contribution in [0.2, 0.25) is 0 Å². The van der Waals surface area contributed by atoms with E-state index in [1.54, 1.807) is 18.3 Å². The van der Waals surface area contributed by atoms with E-state index in [1.165, 1.54) is 23.9 Å². The first kappa shape index (κ1) is 13.8. The Morgan fingerprint density at radius 1 is 1.37 bits per heavy atom. The Labute approximate surface area is 115 Å². The van der Waals surface area contributed by atoms with E-state index in [0.717, 1.165) is 17.9 Å². The number of nitrogens with zero attached hydrogens (tertiary/aromatic N) is 2. The van der Waals surface area contributed by atoms with Crippen molar-refractivity contribution in [3.8, 4) is 0 Å². The lowest BCUT2D eigenvalue weighted by Gasteiger charge is -2.05. The van der Waals surface area contributed by atoms with Crippen LogP contribution in [0.4, 0.5) is 4.39 Å². The highest BCUT2D eigenvalue weighted by Gasteiger charge is 2.12. The summed E-state index contributed by atoms with van der Waals surface area (Å²) in [5.41, 5.74) is 0. The SMILES string of the molecule is CCCn1ccnc1C(=O)CSc1ccc(F)cc1. The number of imidazole rings is 1. The van der Waals surface area contributed by atoms with Crippen LogP contribution >= 0.6 is 11.8 Å². The maximum absolute atomic E-state index is 12.8. The van der Waals surface area contributed by atoms with Crippen LogP contribution in [0.5, 0.6) is 0 Å². The standard InChI is InChI=1S/C14H15FN2OS/c1-2-8-17-9-7-16-14(17)13(18)10-19-12-5-3-11(15)4-6-12/h3-7,9H,2,8,10H2,1H3. The summed E-state index contributed by atoms with van der Waals surface area (Å²) < 4.78 is 14.6. The molecule has 0 saturated carbocycles. The summed E-state index contributed by atoms with van der Waals surface area (Å²) in [6, 6.07) is 6.13. The molecule has 0 aliphatic heterocycles. The van der Waals surface area contributed by atoms with E-state index in [2.05, 4.69) is 11.9 Å². The second-order valence-electron chi connectivity index (χ2n) is 4.11. The Bertz CT molecular complexity index is 551. The highest BCUT2D eigenvalue weighted by atomic mass is 32.2. The molecular formula is C14H15FN2OS. The van der Waals surface area contributed by atoms with E-state index in [0.29, 0.717) is 11.6 Å². The second-order valence-corrected chi connectivity index (χ2v) is 5.16. The van der Waals surface area contributed by atoms with Gasteiger partial charge in [0.05, 0.1) is 5.75 Å². The van der Waals surface area contributed by atoms with E-state index in [4.69, 9.17) is 0 Å². The first-order valence-corrected chi connectivity index (χ1v) is 7.12. The van der Waals surface area contributed by atoms with Crippen LogP contribution in [0, 0.1) is 5.82 Å². The number of halogens is 1. The molecule has 0 saturated heterocycles. The van der Waals surface area contributed by atoms with Gasteiger partial charge in [-0.3, -0.25) is 4.79 Å². The molecule has 2 rings (SSSR count). The van der Waals surface area contributed by atoms with Gasteiger partial charge in [0.2, 0.25) is 5.78 Å². The van der Waals surface area contributed by atoms with Gasteiger partial charge in [-0.05, 0) is 30.7 Å². The van der Waals surface area contributed by atoms with Gasteiger partial charge in [0, 0.05) is 23.8 Å². The zero-order chi connectivity index (χ0) is 13.7. The van der Waals surface area contributed by atoms with Crippen LogP contribution in [-0.2, 0) is 6.54 Å². The Balaban J connectivity index is 1.97. The molecule has 2 aromatic rings. The fraction of sp³-hybridized carbons (Fsp3) is 0.286. The lowest BCUT2D eigenvalue weighted by atomic mass is 10.3. The van der Waals surface area contributed by atoms with Gasteiger partial charge >= 0.3 is 0 Å². The lowest BCUT2D eigenvalue weighted by molar-refractivity contribution is 0.100. The third-order valence-electron chi connectivity index (χ3n) is 2.61. The van der Waals surface area contributed by atoms with Gasteiger partial charge in [-0.25, -0.2) is 9.37 Å². The maximum atomic E-state index is 12.8. The molecule has 1 aromatic heterocycles. The van der Waals surface area contributed by atoms with Crippen molar-refractivity contribution in [2.45, 2.75) is 24.8 Å². The molecule has 0 N–H and O–H groups in total. The highest BCUT2D eigenvalue weighted by Crippen LogP contribution is 2.19. The first-order chi connectivity index (χ1) is 9.20. The van der Waals surface area contributed by atoms with Crippen molar-refractivity contribution >= 4 is 17.5 Å². The minimum absolute atomic E-state index is 0.00669. The molecular weight excluding hydrogens is 263 g/mol. The number of rotatable bonds is 6. The number of aryl methyl sites for hydroxylation is 1. The van der Waals surface area contributed by atoms with Gasteiger partial charge in [-0.2, -0.15) is 0 Å². The van der Waals surface area contributed by atoms with Crippen molar-refractivity contribution in [1.29, 1.82) is 0 Å². The summed E-state index contributed by atoms with van der Waals surface area (Å²) in [5.74, 6) is 0.533. The monoisotopic (exact) mass is 278 g/mol. The quantitative estimate of drug-likeness (QED) is 0.600. The fourth-order valence-electron chi connectivity index (χ4n) is 1.73. The van der Waals surface area contributed by atoms with Gasteiger partial charge in [0.25, 0.3) is 0 Å². The predicted octanol–water partition coefficient (Wildman–Crippen LogP) is 3.41. The number of hydrogen-bond donors (Lipinski definition) is 0. The molecule has 0 atom stereocenters. The number of hydrogen-bond acceptors (Lipinski definition) is 3. The third-order valence-corrected chi connectivity index (χ3v) is 3.62. The molecule has 0 unspecified atom stereocenters. The van der Waals surface area contributed by atoms with E-state index in [1.807, 2.05) is 10.8 Å². The number of carbonyl (C=O) groups excluding carboxylic acids is 1. The molecule has 0 aliphatic rings. The Hall–Kier alpha value is -1.62. The second kappa shape index (κ2) is 6.52. The zero-order valence-electron chi connectivity index (χ0n) is 10.7. The van der Waals surface area contributed by atoms with Crippen molar-refractivity contribution in [2.75, 3.05) is 5.75 Å². The molecule has 0 spiro atoms. The average molecular weight is 278 g/mol. The zero-order valence-corrected chi connectivity index (χ0v) is 11.5. The topological polar surface area (TPSA) is 34.9 Å². The molecule has 3 nitrogen and oxygen atoms in total. The highest BCUT2D eigenvalue weighted by molar-refractivity contribution is 8.00. The number of thioether (sulfide) groups is 1. The number of ketones is 1. The number of Topliss-reactive ketones (excluding diaryl/α,β-unsaturated/α-hetero) is 1. The first-order valence-electron chi connectivity index (χ1n) is 6.13. The van der Waals surface area contributed by atoms with Crippen LogP contribution in [0.3, 0.4) is 0 Å². The largest absolute Gasteiger partial charge is 0.329 e. The van der Waals surface area contributed by atoms with Crippen LogP contribution in [0.15, 0.2) is 41.6 Å². The van der Waals surface area contributed by atoms with Gasteiger partial charge in [0.1, 0.15) is 5.82 Å². The van der Waals surface area contributed by atoms with E-state index in [-0.39, 0.29) is 11.6 Å². The molecule has 19 heavy (non-hydrogen) atoms. The Morgan fingerprint density at radius 3 is 2.79 bits per heavy atom. The van der Waals surface area contributed by atoms with Crippen molar-refractivity contribution in [2.24, 2.45) is 0 Å². The van der Waals surface area contributed by atoms with Crippen LogP contribution in [-0.4, -0.2) is 21.1 Å². The fourth-order valence-corrected chi connectivity index (χ4v) is 2.48. The predicted molar refractivity (Wildman–Crippen MR) is 74.0 cm³/mol. The van der Waals surface area contributed by atoms with Gasteiger partial charge in [-0.15, -0.1) is 11.8 Å². The van der Waals surface area contributed by atoms with Gasteiger partial charge in [-0.1, -0.05) is 6.92 Å². The number of aromatic nitrogens is 2. The lowest BCUT2D eigenvalue weighted by Crippen LogP contribution is -2.12. The summed E-state index contributed by atoms with van der Waals surface area (Å²) in [6.45, 7) is 2.85. The minimum Gasteiger partial charge on any atom is -0.329 e. The molecule has 5 heteroatoms. The van der Waals surface area contributed by atoms with E-state index >= 15 is 0 Å². The Morgan fingerprint density at radius 2 is 2.11 bits per heavy atom. The van der Waals surface area contributed by atoms with Gasteiger partial charge < -0.3 is 4.57 Å². The minimum atomic E-state index is -0.269. The van der Waals surface area contributed by atoms with Crippen LogP contribution in [0.1, 0.15) is 24.0 Å². The number of benzene rings is 1. The molecule has 0 radical (unpaired) electrons. The maximum Gasteiger partial charge on any atom is 0.208 e. The van der Waals surface area contributed by atoms with Crippen molar-refractivity contribution in [3.63, 3.8) is 0 Å². The summed E-state index contributed by atoms with van der Waals surface area (Å²) in [4.78, 5) is 17.0. The van der Waals surface area contributed by atoms with Crippen molar-refractivity contribution in [1.82, 2.24) is 9.55 Å². The molecule has 1 heterocycles. The molecule has 0 aliphatic carbocycles. The summed E-state index contributed by atoms with van der Waals surface area (Å²) in [5, 5.41) is 0. The molecule has 0 amide bonds. The molecule has 1 aromatic carbocycles. The summed E-state index contributed by atoms with van der Waals surface area (Å²) >= 11 is 1.39. The van der Waals surface area contributed by atoms with E-state index in [9.17, 15) is 9.18 Å². The van der Waals surface area contributed by atoms with Gasteiger partial charge in [0.15, 0.2) is 5.82 Å². The van der Waals surface area contributed by atoms with Crippen LogP contribution < -0.4 is 0 Å². The smallest absolute Gasteiger partial charge is 0.208 e. The van der Waals surface area contributed by atoms with Crippen LogP contribution in [0.25, 0.3) is 0 Å². The Kier molecular flexibility index (Phi) is 4.74. The average Bonchev–Trinajstić information content (AvgIpc) is 2.86. The summed E-state index contributed by atoms with van der Waals surface area (Å²) in [7, 11) is 0. The third kappa shape index (κ3) is 3.67. The van der Waals surface area contributed by atoms with E-state index < -0.39 is 0 Å². The molecule has 100 valence electrons.